The number of aryl methyl sites for hydroxylation is 1. The van der Waals surface area contributed by atoms with Crippen molar-refractivity contribution in [2.45, 2.75) is 32.1 Å². The van der Waals surface area contributed by atoms with Crippen molar-refractivity contribution in [3.05, 3.63) is 34.1 Å². The van der Waals surface area contributed by atoms with Gasteiger partial charge in [-0.15, -0.1) is 0 Å². The van der Waals surface area contributed by atoms with Gasteiger partial charge in [0, 0.05) is 31.5 Å². The summed E-state index contributed by atoms with van der Waals surface area (Å²) in [6.07, 6.45) is 2.60. The first-order valence-corrected chi connectivity index (χ1v) is 8.48. The normalized spacial score (nSPS) is 15.7. The molecule has 0 spiro atoms. The first kappa shape index (κ1) is 16.3. The summed E-state index contributed by atoms with van der Waals surface area (Å²) in [7, 11) is 0. The van der Waals surface area contributed by atoms with Gasteiger partial charge in [0.2, 0.25) is 0 Å². The van der Waals surface area contributed by atoms with Crippen molar-refractivity contribution in [2.75, 3.05) is 13.1 Å². The molecule has 136 valence electrons. The zero-order valence-corrected chi connectivity index (χ0v) is 14.2. The van der Waals surface area contributed by atoms with Crippen molar-refractivity contribution in [1.82, 2.24) is 29.6 Å². The Bertz CT molecular complexity index is 1010. The minimum absolute atomic E-state index is 0.0528. The highest BCUT2D eigenvalue weighted by Crippen LogP contribution is 2.29. The molecular formula is C16H18N6O4. The Kier molecular flexibility index (Phi) is 3.94. The van der Waals surface area contributed by atoms with Gasteiger partial charge in [-0.1, -0.05) is 12.1 Å². The molecule has 3 aromatic heterocycles. The van der Waals surface area contributed by atoms with Crippen molar-refractivity contribution in [2.24, 2.45) is 0 Å². The molecule has 10 nitrogen and oxygen atoms in total. The Balaban J connectivity index is 1.73. The molecule has 26 heavy (non-hydrogen) atoms. The maximum Gasteiger partial charge on any atom is 0.407 e. The topological polar surface area (TPSA) is 130 Å². The highest BCUT2D eigenvalue weighted by molar-refractivity contribution is 5.71. The number of rotatable bonds is 3. The van der Waals surface area contributed by atoms with Gasteiger partial charge in [-0.25, -0.2) is 9.31 Å². The van der Waals surface area contributed by atoms with E-state index in [0.717, 1.165) is 5.69 Å². The molecular weight excluding hydrogens is 340 g/mol. The minimum Gasteiger partial charge on any atom is -0.465 e. The third-order valence-electron chi connectivity index (χ3n) is 4.73. The molecule has 4 heterocycles. The summed E-state index contributed by atoms with van der Waals surface area (Å²) in [6.45, 7) is 2.80. The number of carbonyl (C=O) groups is 1. The van der Waals surface area contributed by atoms with Crippen LogP contribution in [0.3, 0.4) is 0 Å². The number of aromatic nitrogens is 5. The molecule has 0 saturated carbocycles. The van der Waals surface area contributed by atoms with E-state index in [9.17, 15) is 9.59 Å². The maximum absolute atomic E-state index is 12.2. The van der Waals surface area contributed by atoms with E-state index in [4.69, 9.17) is 9.63 Å². The van der Waals surface area contributed by atoms with Crippen molar-refractivity contribution in [3.8, 4) is 11.5 Å². The van der Waals surface area contributed by atoms with E-state index in [1.807, 2.05) is 6.92 Å². The fourth-order valence-corrected chi connectivity index (χ4v) is 3.33. The van der Waals surface area contributed by atoms with E-state index >= 15 is 0 Å². The summed E-state index contributed by atoms with van der Waals surface area (Å²) < 4.78 is 6.94. The monoisotopic (exact) mass is 358 g/mol. The number of carboxylic acid groups (broad SMARTS) is 1. The number of nitrogens with zero attached hydrogens (tertiary/aromatic N) is 5. The number of likely N-dealkylation sites (tertiary alicyclic amines) is 1. The number of aromatic amines is 1. The Labute approximate surface area is 147 Å². The van der Waals surface area contributed by atoms with Crippen LogP contribution in [-0.2, 0) is 6.42 Å². The zero-order chi connectivity index (χ0) is 18.3. The predicted molar refractivity (Wildman–Crippen MR) is 90.1 cm³/mol. The van der Waals surface area contributed by atoms with E-state index in [1.165, 1.54) is 11.0 Å². The highest BCUT2D eigenvalue weighted by Gasteiger charge is 2.26. The molecule has 1 saturated heterocycles. The van der Waals surface area contributed by atoms with Gasteiger partial charge in [0.1, 0.15) is 11.2 Å². The van der Waals surface area contributed by atoms with Gasteiger partial charge in [-0.2, -0.15) is 10.1 Å². The van der Waals surface area contributed by atoms with Crippen LogP contribution in [0.1, 0.15) is 37.2 Å². The van der Waals surface area contributed by atoms with Gasteiger partial charge >= 0.3 is 6.09 Å². The molecule has 0 unspecified atom stereocenters. The predicted octanol–water partition coefficient (Wildman–Crippen LogP) is 1.49. The molecule has 2 N–H and O–H groups in total. The number of nitrogens with one attached hydrogen (secondary N) is 1. The summed E-state index contributed by atoms with van der Waals surface area (Å²) in [6, 6.07) is 1.52. The second-order valence-electron chi connectivity index (χ2n) is 6.29. The minimum atomic E-state index is -0.913. The lowest BCUT2D eigenvalue weighted by Gasteiger charge is -2.30. The van der Waals surface area contributed by atoms with E-state index in [1.54, 1.807) is 10.7 Å². The molecule has 10 heteroatoms. The smallest absolute Gasteiger partial charge is 0.407 e. The molecule has 0 aliphatic carbocycles. The third kappa shape index (κ3) is 2.72. The average molecular weight is 358 g/mol. The fourth-order valence-electron chi connectivity index (χ4n) is 3.33. The second kappa shape index (κ2) is 6.28. The summed E-state index contributed by atoms with van der Waals surface area (Å²) in [5.41, 5.74) is 1.58. The molecule has 1 aliphatic rings. The Morgan fingerprint density at radius 3 is 2.85 bits per heavy atom. The number of fused-ring (bicyclic) bond motifs is 1. The number of hydrogen-bond acceptors (Lipinski definition) is 6. The van der Waals surface area contributed by atoms with Crippen LogP contribution in [0.2, 0.25) is 0 Å². The number of piperidine rings is 1. The van der Waals surface area contributed by atoms with Gasteiger partial charge in [0.15, 0.2) is 5.82 Å². The van der Waals surface area contributed by atoms with E-state index in [-0.39, 0.29) is 11.5 Å². The lowest BCUT2D eigenvalue weighted by atomic mass is 9.93. The van der Waals surface area contributed by atoms with E-state index in [2.05, 4.69) is 20.2 Å². The Morgan fingerprint density at radius 1 is 1.42 bits per heavy atom. The van der Waals surface area contributed by atoms with E-state index < -0.39 is 6.09 Å². The lowest BCUT2D eigenvalue weighted by Crippen LogP contribution is -2.37. The SMILES string of the molecule is CCc1noc(-c2cnn3c(C4CCN(C(=O)O)CC4)cc(=O)[nH]c23)n1. The standard InChI is InChI=1S/C16H18N6O4/c1-2-12-18-15(26-20-12)10-8-17-22-11(7-13(23)19-14(10)22)9-3-5-21(6-4-9)16(24)25/h7-9H,2-6H2,1H3,(H,19,23)(H,24,25). The van der Waals surface area contributed by atoms with Crippen LogP contribution < -0.4 is 5.56 Å². The van der Waals surface area contributed by atoms with Gasteiger partial charge < -0.3 is 19.5 Å². The number of hydrogen-bond donors (Lipinski definition) is 2. The Hall–Kier alpha value is -3.17. The highest BCUT2D eigenvalue weighted by atomic mass is 16.5. The van der Waals surface area contributed by atoms with Gasteiger partial charge in [0.25, 0.3) is 11.4 Å². The summed E-state index contributed by atoms with van der Waals surface area (Å²) in [5.74, 6) is 0.946. The summed E-state index contributed by atoms with van der Waals surface area (Å²) in [4.78, 5) is 31.7. The van der Waals surface area contributed by atoms with Crippen molar-refractivity contribution >= 4 is 11.7 Å². The molecule has 1 aliphatic heterocycles. The molecule has 1 fully saturated rings. The van der Waals surface area contributed by atoms with Crippen LogP contribution in [0.15, 0.2) is 21.6 Å². The van der Waals surface area contributed by atoms with Crippen LogP contribution in [0.5, 0.6) is 0 Å². The molecule has 0 bridgehead atoms. The van der Waals surface area contributed by atoms with Crippen molar-refractivity contribution < 1.29 is 14.4 Å². The summed E-state index contributed by atoms with van der Waals surface area (Å²) in [5, 5.41) is 17.4. The first-order valence-electron chi connectivity index (χ1n) is 8.48. The van der Waals surface area contributed by atoms with Crippen LogP contribution in [0.25, 0.3) is 17.1 Å². The lowest BCUT2D eigenvalue weighted by molar-refractivity contribution is 0.131. The van der Waals surface area contributed by atoms with E-state index in [0.29, 0.717) is 55.3 Å². The quantitative estimate of drug-likeness (QED) is 0.725. The average Bonchev–Trinajstić information content (AvgIpc) is 3.27. The molecule has 0 aromatic carbocycles. The van der Waals surface area contributed by atoms with Crippen molar-refractivity contribution in [3.63, 3.8) is 0 Å². The van der Waals surface area contributed by atoms with Gasteiger partial charge in [0.05, 0.1) is 11.9 Å². The molecule has 0 radical (unpaired) electrons. The first-order chi connectivity index (χ1) is 12.6. The van der Waals surface area contributed by atoms with Crippen LogP contribution in [0, 0.1) is 0 Å². The number of amides is 1. The maximum atomic E-state index is 12.2. The molecule has 1 amide bonds. The van der Waals surface area contributed by atoms with Crippen LogP contribution >= 0.6 is 0 Å². The van der Waals surface area contributed by atoms with Crippen LogP contribution in [0.4, 0.5) is 4.79 Å². The van der Waals surface area contributed by atoms with Crippen LogP contribution in [-0.4, -0.2) is 53.9 Å². The fraction of sp³-hybridized carbons (Fsp3) is 0.438. The zero-order valence-electron chi connectivity index (χ0n) is 14.2. The second-order valence-corrected chi connectivity index (χ2v) is 6.29. The summed E-state index contributed by atoms with van der Waals surface area (Å²) >= 11 is 0. The van der Waals surface area contributed by atoms with Gasteiger partial charge in [-0.3, -0.25) is 4.79 Å². The molecule has 3 aromatic rings. The largest absolute Gasteiger partial charge is 0.465 e. The van der Waals surface area contributed by atoms with Gasteiger partial charge in [-0.05, 0) is 12.8 Å². The third-order valence-corrected chi connectivity index (χ3v) is 4.73. The Morgan fingerprint density at radius 2 is 2.19 bits per heavy atom. The number of H-pyrrole nitrogens is 1. The molecule has 0 atom stereocenters. The molecule has 4 rings (SSSR count). The van der Waals surface area contributed by atoms with Crippen molar-refractivity contribution in [1.29, 1.82) is 0 Å².